The highest BCUT2D eigenvalue weighted by molar-refractivity contribution is 7.91. The van der Waals surface area contributed by atoms with Crippen molar-refractivity contribution in [2.75, 3.05) is 6.54 Å². The highest BCUT2D eigenvalue weighted by Gasteiger charge is 2.40. The number of nitrogens with zero attached hydrogens (tertiary/aromatic N) is 1. The van der Waals surface area contributed by atoms with E-state index >= 15 is 0 Å². The number of rotatable bonds is 7. The lowest BCUT2D eigenvalue weighted by molar-refractivity contribution is -0.128. The number of sulfonamides is 1. The first-order valence-electron chi connectivity index (χ1n) is 10.2. The summed E-state index contributed by atoms with van der Waals surface area (Å²) in [7, 11) is -3.85. The van der Waals surface area contributed by atoms with E-state index in [1.54, 1.807) is 11.4 Å². The molecular weight excluding hydrogens is 446 g/mol. The molecule has 0 radical (unpaired) electrons. The number of carbonyl (C=O) groups excluding carboxylic acids is 2. The molecule has 1 aromatic heterocycles. The molecule has 4 rings (SSSR count). The van der Waals surface area contributed by atoms with Gasteiger partial charge in [-0.15, -0.1) is 11.3 Å². The molecular formula is C23H23N3O4S2. The maximum absolute atomic E-state index is 13.2. The fourth-order valence-corrected chi connectivity index (χ4v) is 6.33. The molecule has 9 heteroatoms. The van der Waals surface area contributed by atoms with E-state index in [1.807, 2.05) is 54.6 Å². The summed E-state index contributed by atoms with van der Waals surface area (Å²) in [5.41, 5.74) is 2.75. The molecule has 32 heavy (non-hydrogen) atoms. The summed E-state index contributed by atoms with van der Waals surface area (Å²) in [4.78, 5) is 25.2. The maximum Gasteiger partial charge on any atom is 0.253 e. The van der Waals surface area contributed by atoms with Crippen molar-refractivity contribution in [3.63, 3.8) is 0 Å². The third kappa shape index (κ3) is 4.90. The Hall–Kier alpha value is -3.01. The van der Waals surface area contributed by atoms with Crippen LogP contribution in [0.1, 0.15) is 16.7 Å². The SMILES string of the molecule is O=C(CNC(=O)[C@@H]1Cc2ccccc2CN1S(=O)(=O)c1cccs1)NCc1ccccc1. The number of fused-ring (bicyclic) bond motifs is 1. The van der Waals surface area contributed by atoms with Crippen LogP contribution in [0.3, 0.4) is 0 Å². The summed E-state index contributed by atoms with van der Waals surface area (Å²) >= 11 is 1.12. The Morgan fingerprint density at radius 3 is 2.38 bits per heavy atom. The van der Waals surface area contributed by atoms with Crippen LogP contribution in [0, 0.1) is 0 Å². The van der Waals surface area contributed by atoms with Crippen LogP contribution in [0.25, 0.3) is 0 Å². The van der Waals surface area contributed by atoms with Crippen molar-refractivity contribution in [2.45, 2.75) is 29.8 Å². The topological polar surface area (TPSA) is 95.6 Å². The molecule has 7 nitrogen and oxygen atoms in total. The first kappa shape index (κ1) is 22.2. The molecule has 2 aromatic carbocycles. The van der Waals surface area contributed by atoms with Crippen LogP contribution in [0.4, 0.5) is 0 Å². The Balaban J connectivity index is 1.46. The van der Waals surface area contributed by atoms with Crippen molar-refractivity contribution in [2.24, 2.45) is 0 Å². The molecule has 1 aliphatic rings. The van der Waals surface area contributed by atoms with Crippen molar-refractivity contribution < 1.29 is 18.0 Å². The number of benzene rings is 2. The Labute approximate surface area is 191 Å². The fraction of sp³-hybridized carbons (Fsp3) is 0.217. The molecule has 0 bridgehead atoms. The van der Waals surface area contributed by atoms with Gasteiger partial charge in [0.1, 0.15) is 10.3 Å². The second kappa shape index (κ2) is 9.64. The van der Waals surface area contributed by atoms with E-state index in [1.165, 1.54) is 10.4 Å². The van der Waals surface area contributed by atoms with Crippen molar-refractivity contribution in [1.29, 1.82) is 0 Å². The molecule has 2 heterocycles. The van der Waals surface area contributed by atoms with E-state index < -0.39 is 22.0 Å². The number of hydrogen-bond donors (Lipinski definition) is 2. The van der Waals surface area contributed by atoms with Gasteiger partial charge in [-0.3, -0.25) is 9.59 Å². The second-order valence-electron chi connectivity index (χ2n) is 7.45. The maximum atomic E-state index is 13.2. The molecule has 0 unspecified atom stereocenters. The average molecular weight is 470 g/mol. The van der Waals surface area contributed by atoms with Gasteiger partial charge < -0.3 is 10.6 Å². The van der Waals surface area contributed by atoms with E-state index in [4.69, 9.17) is 0 Å². The summed E-state index contributed by atoms with van der Waals surface area (Å²) in [5, 5.41) is 7.06. The van der Waals surface area contributed by atoms with E-state index in [9.17, 15) is 18.0 Å². The van der Waals surface area contributed by atoms with Gasteiger partial charge in [-0.05, 0) is 34.6 Å². The monoisotopic (exact) mass is 469 g/mol. The van der Waals surface area contributed by atoms with E-state index in [0.29, 0.717) is 6.54 Å². The minimum Gasteiger partial charge on any atom is -0.350 e. The molecule has 0 saturated carbocycles. The van der Waals surface area contributed by atoms with Crippen LogP contribution in [0.5, 0.6) is 0 Å². The number of carbonyl (C=O) groups is 2. The normalized spacial score (nSPS) is 16.2. The van der Waals surface area contributed by atoms with Gasteiger partial charge in [-0.25, -0.2) is 8.42 Å². The van der Waals surface area contributed by atoms with Crippen LogP contribution in [0.15, 0.2) is 76.3 Å². The zero-order valence-electron chi connectivity index (χ0n) is 17.2. The van der Waals surface area contributed by atoms with Crippen molar-refractivity contribution >= 4 is 33.2 Å². The highest BCUT2D eigenvalue weighted by Crippen LogP contribution is 2.30. The largest absolute Gasteiger partial charge is 0.350 e. The summed E-state index contributed by atoms with van der Waals surface area (Å²) < 4.78 is 27.9. The summed E-state index contributed by atoms with van der Waals surface area (Å²) in [5.74, 6) is -0.833. The van der Waals surface area contributed by atoms with Crippen LogP contribution in [0.2, 0.25) is 0 Å². The van der Waals surface area contributed by atoms with Crippen LogP contribution < -0.4 is 10.6 Å². The third-order valence-corrected chi connectivity index (χ3v) is 8.55. The average Bonchev–Trinajstić information content (AvgIpc) is 3.37. The van der Waals surface area contributed by atoms with E-state index in [0.717, 1.165) is 28.0 Å². The smallest absolute Gasteiger partial charge is 0.253 e. The Morgan fingerprint density at radius 1 is 0.938 bits per heavy atom. The minimum absolute atomic E-state index is 0.106. The van der Waals surface area contributed by atoms with Gasteiger partial charge in [-0.1, -0.05) is 60.7 Å². The predicted octanol–water partition coefficient (Wildman–Crippen LogP) is 2.30. The predicted molar refractivity (Wildman–Crippen MR) is 122 cm³/mol. The van der Waals surface area contributed by atoms with Gasteiger partial charge in [0.05, 0.1) is 6.54 Å². The van der Waals surface area contributed by atoms with Gasteiger partial charge in [0.25, 0.3) is 10.0 Å². The van der Waals surface area contributed by atoms with Gasteiger partial charge >= 0.3 is 0 Å². The summed E-state index contributed by atoms with van der Waals surface area (Å²) in [6.07, 6.45) is 0.248. The highest BCUT2D eigenvalue weighted by atomic mass is 32.2. The second-order valence-corrected chi connectivity index (χ2v) is 10.5. The molecule has 0 aliphatic carbocycles. The molecule has 3 aromatic rings. The standard InChI is InChI=1S/C23H23N3O4S2/c27-21(24-14-17-7-2-1-3-8-17)15-25-23(28)20-13-18-9-4-5-10-19(18)16-26(20)32(29,30)22-11-6-12-31-22/h1-12,20H,13-16H2,(H,24,27)(H,25,28)/t20-/m0/s1. The third-order valence-electron chi connectivity index (χ3n) is 5.32. The zero-order chi connectivity index (χ0) is 22.6. The number of hydrogen-bond acceptors (Lipinski definition) is 5. The molecule has 0 fully saturated rings. The molecule has 166 valence electrons. The van der Waals surface area contributed by atoms with Crippen LogP contribution in [-0.2, 0) is 39.1 Å². The number of amides is 2. The Bertz CT molecular complexity index is 1190. The number of nitrogens with one attached hydrogen (secondary N) is 2. The zero-order valence-corrected chi connectivity index (χ0v) is 18.9. The van der Waals surface area contributed by atoms with Gasteiger partial charge in [0, 0.05) is 13.1 Å². The van der Waals surface area contributed by atoms with E-state index in [-0.39, 0.29) is 29.6 Å². The van der Waals surface area contributed by atoms with Crippen LogP contribution in [-0.4, -0.2) is 37.1 Å². The number of thiophene rings is 1. The first-order valence-corrected chi connectivity index (χ1v) is 12.5. The summed E-state index contributed by atoms with van der Waals surface area (Å²) in [6.45, 7) is 0.233. The molecule has 2 amide bonds. The van der Waals surface area contributed by atoms with Crippen molar-refractivity contribution in [3.05, 3.63) is 88.8 Å². The lowest BCUT2D eigenvalue weighted by atomic mass is 9.95. The van der Waals surface area contributed by atoms with Crippen LogP contribution >= 0.6 is 11.3 Å². The lowest BCUT2D eigenvalue weighted by Crippen LogP contribution is -2.53. The molecule has 0 saturated heterocycles. The van der Waals surface area contributed by atoms with E-state index in [2.05, 4.69) is 10.6 Å². The Kier molecular flexibility index (Phi) is 6.69. The van der Waals surface area contributed by atoms with Gasteiger partial charge in [0.15, 0.2) is 0 Å². The van der Waals surface area contributed by atoms with Gasteiger partial charge in [0.2, 0.25) is 11.8 Å². The summed E-state index contributed by atoms with van der Waals surface area (Å²) in [6, 6.07) is 19.2. The quantitative estimate of drug-likeness (QED) is 0.555. The molecule has 1 aliphatic heterocycles. The molecule has 1 atom stereocenters. The molecule has 0 spiro atoms. The van der Waals surface area contributed by atoms with Crippen molar-refractivity contribution in [3.8, 4) is 0 Å². The first-order chi connectivity index (χ1) is 15.4. The van der Waals surface area contributed by atoms with Crippen molar-refractivity contribution in [1.82, 2.24) is 14.9 Å². The minimum atomic E-state index is -3.85. The Morgan fingerprint density at radius 2 is 1.66 bits per heavy atom. The fourth-order valence-electron chi connectivity index (χ4n) is 3.65. The molecule has 2 N–H and O–H groups in total. The van der Waals surface area contributed by atoms with Gasteiger partial charge in [-0.2, -0.15) is 4.31 Å². The lowest BCUT2D eigenvalue weighted by Gasteiger charge is -2.34.